The molecular weight excluding hydrogens is 376 g/mol. The van der Waals surface area contributed by atoms with Crippen LogP contribution in [0.3, 0.4) is 0 Å². The highest BCUT2D eigenvalue weighted by Gasteiger charge is 2.52. The van der Waals surface area contributed by atoms with E-state index in [-0.39, 0.29) is 13.2 Å². The summed E-state index contributed by atoms with van der Waals surface area (Å²) in [7, 11) is 0. The number of aliphatic carboxylic acids is 1. The molecule has 1 heterocycles. The lowest BCUT2D eigenvalue weighted by molar-refractivity contribution is -0.287. The van der Waals surface area contributed by atoms with E-state index in [1.807, 2.05) is 60.7 Å². The maximum atomic E-state index is 12.2. The largest absolute Gasteiger partial charge is 0.477 e. The molecule has 0 amide bonds. The lowest BCUT2D eigenvalue weighted by Gasteiger charge is -2.45. The number of benzene rings is 3. The van der Waals surface area contributed by atoms with Crippen molar-refractivity contribution in [2.24, 2.45) is 0 Å². The number of carbonyl (C=O) groups is 1. The van der Waals surface area contributed by atoms with Gasteiger partial charge in [-0.3, -0.25) is 0 Å². The first-order valence-corrected chi connectivity index (χ1v) is 9.33. The Morgan fingerprint density at radius 2 is 1.29 bits per heavy atom. The minimum Gasteiger partial charge on any atom is -0.477 e. The van der Waals surface area contributed by atoms with Gasteiger partial charge in [0.15, 0.2) is 0 Å². The predicted octanol–water partition coefficient (Wildman–Crippen LogP) is 4.61. The third-order valence-electron chi connectivity index (χ3n) is 5.18. The number of ether oxygens (including phenoxy) is 2. The number of rotatable bonds is 4. The average Bonchev–Trinajstić information content (AvgIpc) is 2.75. The van der Waals surface area contributed by atoms with Gasteiger partial charge in [-0.05, 0) is 23.3 Å². The van der Waals surface area contributed by atoms with Crippen LogP contribution in [0.5, 0.6) is 0 Å². The summed E-state index contributed by atoms with van der Waals surface area (Å²) in [6.45, 7) is 0.305. The van der Waals surface area contributed by atoms with Crippen LogP contribution in [0.15, 0.2) is 84.9 Å². The molecule has 0 aliphatic carbocycles. The van der Waals surface area contributed by atoms with E-state index in [0.29, 0.717) is 10.6 Å². The van der Waals surface area contributed by atoms with Crippen LogP contribution in [-0.2, 0) is 25.5 Å². The standard InChI is InChI=1S/C23H19ClO4/c24-20-13-7-12-19(14-20)23(21(25)26)27-15-22(16-28-23,17-8-3-1-4-9-17)18-10-5-2-6-11-18/h1-14H,15-16H2,(H,25,26). The van der Waals surface area contributed by atoms with Crippen LogP contribution in [0, 0.1) is 0 Å². The highest BCUT2D eigenvalue weighted by atomic mass is 35.5. The molecule has 0 saturated carbocycles. The molecule has 1 aliphatic rings. The van der Waals surface area contributed by atoms with Crippen LogP contribution in [0.4, 0.5) is 0 Å². The van der Waals surface area contributed by atoms with Gasteiger partial charge in [-0.25, -0.2) is 4.79 Å². The molecule has 1 saturated heterocycles. The second kappa shape index (κ2) is 7.40. The van der Waals surface area contributed by atoms with Crippen LogP contribution in [0.1, 0.15) is 16.7 Å². The lowest BCUT2D eigenvalue weighted by atomic mass is 9.75. The van der Waals surface area contributed by atoms with Crippen LogP contribution >= 0.6 is 11.6 Å². The van der Waals surface area contributed by atoms with Crippen molar-refractivity contribution in [3.63, 3.8) is 0 Å². The molecule has 0 atom stereocenters. The average molecular weight is 395 g/mol. The Labute approximate surface area is 168 Å². The van der Waals surface area contributed by atoms with Crippen LogP contribution < -0.4 is 0 Å². The van der Waals surface area contributed by atoms with Gasteiger partial charge < -0.3 is 14.6 Å². The van der Waals surface area contributed by atoms with Crippen molar-refractivity contribution in [3.05, 3.63) is 107 Å². The van der Waals surface area contributed by atoms with Crippen molar-refractivity contribution >= 4 is 17.6 Å². The first-order chi connectivity index (χ1) is 13.6. The van der Waals surface area contributed by atoms with E-state index >= 15 is 0 Å². The van der Waals surface area contributed by atoms with Gasteiger partial charge in [-0.1, -0.05) is 84.4 Å². The second-order valence-electron chi connectivity index (χ2n) is 6.82. The quantitative estimate of drug-likeness (QED) is 0.702. The van der Waals surface area contributed by atoms with Crippen molar-refractivity contribution in [1.82, 2.24) is 0 Å². The molecule has 142 valence electrons. The summed E-state index contributed by atoms with van der Waals surface area (Å²) >= 11 is 6.07. The molecule has 0 spiro atoms. The summed E-state index contributed by atoms with van der Waals surface area (Å²) in [5, 5.41) is 10.4. The molecule has 0 unspecified atom stereocenters. The Bertz CT molecular complexity index is 923. The van der Waals surface area contributed by atoms with Gasteiger partial charge in [0.25, 0.3) is 5.79 Å². The Hall–Kier alpha value is -2.66. The SMILES string of the molecule is O=C(O)C1(c2cccc(Cl)c2)OCC(c2ccccc2)(c2ccccc2)CO1. The Balaban J connectivity index is 1.77. The van der Waals surface area contributed by atoms with Crippen molar-refractivity contribution in [2.75, 3.05) is 13.2 Å². The number of carboxylic acids is 1. The summed E-state index contributed by atoms with van der Waals surface area (Å²) < 4.78 is 12.0. The van der Waals surface area contributed by atoms with E-state index in [9.17, 15) is 9.90 Å². The van der Waals surface area contributed by atoms with Gasteiger partial charge >= 0.3 is 5.97 Å². The monoisotopic (exact) mass is 394 g/mol. The molecule has 0 aromatic heterocycles. The highest BCUT2D eigenvalue weighted by molar-refractivity contribution is 6.30. The zero-order valence-electron chi connectivity index (χ0n) is 15.0. The number of hydrogen-bond acceptors (Lipinski definition) is 3. The molecule has 1 fully saturated rings. The minimum absolute atomic E-state index is 0.153. The lowest BCUT2D eigenvalue weighted by Crippen LogP contribution is -2.54. The Kier molecular flexibility index (Phi) is 4.94. The fourth-order valence-corrected chi connectivity index (χ4v) is 3.84. The third-order valence-corrected chi connectivity index (χ3v) is 5.42. The molecule has 1 aliphatic heterocycles. The molecule has 1 N–H and O–H groups in total. The van der Waals surface area contributed by atoms with Gasteiger partial charge in [0.05, 0.1) is 18.6 Å². The van der Waals surface area contributed by atoms with E-state index in [2.05, 4.69) is 0 Å². The molecule has 4 rings (SSSR count). The smallest absolute Gasteiger partial charge is 0.369 e. The van der Waals surface area contributed by atoms with E-state index in [1.54, 1.807) is 24.3 Å². The number of hydrogen-bond donors (Lipinski definition) is 1. The molecule has 3 aromatic rings. The van der Waals surface area contributed by atoms with Crippen LogP contribution in [0.2, 0.25) is 5.02 Å². The van der Waals surface area contributed by atoms with Crippen LogP contribution in [-0.4, -0.2) is 24.3 Å². The van der Waals surface area contributed by atoms with Gasteiger partial charge in [-0.2, -0.15) is 0 Å². The minimum atomic E-state index is -1.89. The van der Waals surface area contributed by atoms with E-state index in [4.69, 9.17) is 21.1 Å². The van der Waals surface area contributed by atoms with E-state index in [0.717, 1.165) is 11.1 Å². The highest BCUT2D eigenvalue weighted by Crippen LogP contribution is 2.43. The molecule has 3 aromatic carbocycles. The predicted molar refractivity (Wildman–Crippen MR) is 106 cm³/mol. The van der Waals surface area contributed by atoms with Crippen LogP contribution in [0.25, 0.3) is 0 Å². The van der Waals surface area contributed by atoms with Crippen molar-refractivity contribution in [3.8, 4) is 0 Å². The maximum absolute atomic E-state index is 12.2. The molecule has 28 heavy (non-hydrogen) atoms. The fourth-order valence-electron chi connectivity index (χ4n) is 3.65. The van der Waals surface area contributed by atoms with Crippen molar-refractivity contribution < 1.29 is 19.4 Å². The topological polar surface area (TPSA) is 55.8 Å². The van der Waals surface area contributed by atoms with Gasteiger partial charge in [0, 0.05) is 10.6 Å². The second-order valence-corrected chi connectivity index (χ2v) is 7.26. The summed E-state index contributed by atoms with van der Waals surface area (Å²) in [5.41, 5.74) is 1.76. The Morgan fingerprint density at radius 3 is 1.75 bits per heavy atom. The fraction of sp³-hybridized carbons (Fsp3) is 0.174. The summed E-state index contributed by atoms with van der Waals surface area (Å²) in [6, 6.07) is 26.3. The summed E-state index contributed by atoms with van der Waals surface area (Å²) in [6.07, 6.45) is 0. The first kappa shape index (κ1) is 18.7. The van der Waals surface area contributed by atoms with E-state index in [1.165, 1.54) is 0 Å². The molecule has 0 bridgehead atoms. The molecular formula is C23H19ClO4. The van der Waals surface area contributed by atoms with Gasteiger partial charge in [-0.15, -0.1) is 0 Å². The summed E-state index contributed by atoms with van der Waals surface area (Å²) in [4.78, 5) is 12.2. The van der Waals surface area contributed by atoms with Crippen molar-refractivity contribution in [2.45, 2.75) is 11.2 Å². The summed E-state index contributed by atoms with van der Waals surface area (Å²) in [5.74, 6) is -3.10. The van der Waals surface area contributed by atoms with Gasteiger partial charge in [0.1, 0.15) is 0 Å². The number of halogens is 1. The molecule has 0 radical (unpaired) electrons. The van der Waals surface area contributed by atoms with Gasteiger partial charge in [0.2, 0.25) is 0 Å². The Morgan fingerprint density at radius 1 is 0.786 bits per heavy atom. The third kappa shape index (κ3) is 3.10. The maximum Gasteiger partial charge on any atom is 0.369 e. The number of carboxylic acid groups (broad SMARTS) is 1. The zero-order chi connectivity index (χ0) is 19.6. The van der Waals surface area contributed by atoms with Crippen molar-refractivity contribution in [1.29, 1.82) is 0 Å². The molecule has 5 heteroatoms. The normalized spacial score (nSPS) is 17.8. The van der Waals surface area contributed by atoms with E-state index < -0.39 is 17.2 Å². The first-order valence-electron chi connectivity index (χ1n) is 8.95. The molecule has 4 nitrogen and oxygen atoms in total. The zero-order valence-corrected chi connectivity index (χ0v) is 15.8.